The monoisotopic (exact) mass is 477 g/mol. The van der Waals surface area contributed by atoms with E-state index in [-0.39, 0.29) is 36.7 Å². The molecular weight excluding hydrogens is 457 g/mol. The molecule has 0 bridgehead atoms. The molecule has 0 aliphatic carbocycles. The summed E-state index contributed by atoms with van der Waals surface area (Å²) in [5.74, 6) is -0.728. The van der Waals surface area contributed by atoms with Gasteiger partial charge in [-0.05, 0) is 51.1 Å². The van der Waals surface area contributed by atoms with Crippen LogP contribution >= 0.6 is 36.7 Å². The van der Waals surface area contributed by atoms with Gasteiger partial charge in [0.15, 0.2) is 0 Å². The summed E-state index contributed by atoms with van der Waals surface area (Å²) in [6.07, 6.45) is 1.43. The Morgan fingerprint density at radius 2 is 1.81 bits per heavy atom. The SMILES string of the molecule is Cc1cc(NC(=O)c2cnn3c2C(=O)N(c2ccc(Cl)c(Cl)c2)C[C@@H]3C)cc(C)n1.S. The summed E-state index contributed by atoms with van der Waals surface area (Å²) in [4.78, 5) is 32.2. The summed E-state index contributed by atoms with van der Waals surface area (Å²) < 4.78 is 1.59. The van der Waals surface area contributed by atoms with Gasteiger partial charge in [-0.25, -0.2) is 0 Å². The van der Waals surface area contributed by atoms with Gasteiger partial charge in [0.2, 0.25) is 0 Å². The number of halogens is 2. The van der Waals surface area contributed by atoms with Crippen molar-refractivity contribution in [1.29, 1.82) is 0 Å². The number of anilines is 2. The maximum atomic E-state index is 13.3. The molecule has 0 fully saturated rings. The number of rotatable bonds is 3. The minimum Gasteiger partial charge on any atom is -0.322 e. The van der Waals surface area contributed by atoms with Crippen LogP contribution in [0.2, 0.25) is 10.0 Å². The van der Waals surface area contributed by atoms with Crippen LogP contribution in [0.15, 0.2) is 36.5 Å². The number of benzene rings is 1. The van der Waals surface area contributed by atoms with Crippen LogP contribution in [0.1, 0.15) is 45.2 Å². The second-order valence-electron chi connectivity index (χ2n) is 7.31. The van der Waals surface area contributed by atoms with Gasteiger partial charge in [0, 0.05) is 29.3 Å². The van der Waals surface area contributed by atoms with Gasteiger partial charge in [0.1, 0.15) is 5.69 Å². The molecule has 0 radical (unpaired) electrons. The molecule has 0 saturated carbocycles. The minimum atomic E-state index is -0.405. The summed E-state index contributed by atoms with van der Waals surface area (Å²) >= 11 is 12.1. The number of hydrogen-bond acceptors (Lipinski definition) is 4. The number of aryl methyl sites for hydroxylation is 2. The minimum absolute atomic E-state index is 0. The molecule has 31 heavy (non-hydrogen) atoms. The Kier molecular flexibility index (Phi) is 6.64. The van der Waals surface area contributed by atoms with E-state index in [0.717, 1.165) is 11.4 Å². The second kappa shape index (κ2) is 8.90. The second-order valence-corrected chi connectivity index (χ2v) is 8.12. The first kappa shape index (κ1) is 23.1. The zero-order valence-corrected chi connectivity index (χ0v) is 19.6. The van der Waals surface area contributed by atoms with Crippen LogP contribution in [0.25, 0.3) is 0 Å². The average Bonchev–Trinajstić information content (AvgIpc) is 3.12. The summed E-state index contributed by atoms with van der Waals surface area (Å²) in [5, 5.41) is 7.90. The smallest absolute Gasteiger partial charge is 0.277 e. The highest BCUT2D eigenvalue weighted by Crippen LogP contribution is 2.32. The number of amides is 2. The Bertz CT molecular complexity index is 1160. The first-order chi connectivity index (χ1) is 14.2. The number of fused-ring (bicyclic) bond motifs is 1. The number of carbonyl (C=O) groups is 2. The molecule has 0 unspecified atom stereocenters. The third-order valence-corrected chi connectivity index (χ3v) is 5.65. The number of nitrogens with zero attached hydrogens (tertiary/aromatic N) is 4. The lowest BCUT2D eigenvalue weighted by Crippen LogP contribution is -2.43. The molecule has 10 heteroatoms. The zero-order valence-electron chi connectivity index (χ0n) is 17.1. The molecule has 2 amide bonds. The van der Waals surface area contributed by atoms with Gasteiger partial charge in [-0.15, -0.1) is 0 Å². The molecule has 0 spiro atoms. The lowest BCUT2D eigenvalue weighted by atomic mass is 10.1. The maximum Gasteiger partial charge on any atom is 0.277 e. The molecule has 3 heterocycles. The van der Waals surface area contributed by atoms with Crippen LogP contribution in [0, 0.1) is 13.8 Å². The molecule has 1 atom stereocenters. The van der Waals surface area contributed by atoms with Gasteiger partial charge in [0.25, 0.3) is 11.8 Å². The van der Waals surface area contributed by atoms with Crippen molar-refractivity contribution in [1.82, 2.24) is 14.8 Å². The molecule has 2 aromatic heterocycles. The molecule has 162 valence electrons. The van der Waals surface area contributed by atoms with E-state index in [1.54, 1.807) is 39.9 Å². The Balaban J connectivity index is 0.00000272. The number of pyridine rings is 1. The van der Waals surface area contributed by atoms with E-state index in [2.05, 4.69) is 15.4 Å². The molecule has 7 nitrogen and oxygen atoms in total. The van der Waals surface area contributed by atoms with Crippen LogP contribution in [-0.2, 0) is 0 Å². The van der Waals surface area contributed by atoms with Crippen LogP contribution in [0.4, 0.5) is 11.4 Å². The van der Waals surface area contributed by atoms with E-state index >= 15 is 0 Å². The predicted octanol–water partition coefficient (Wildman–Crippen LogP) is 4.79. The van der Waals surface area contributed by atoms with Crippen LogP contribution in [0.3, 0.4) is 0 Å². The maximum absolute atomic E-state index is 13.3. The van der Waals surface area contributed by atoms with Crippen molar-refractivity contribution in [2.75, 3.05) is 16.8 Å². The third kappa shape index (κ3) is 4.42. The Hall–Kier alpha value is -2.55. The van der Waals surface area contributed by atoms with Crippen LogP contribution < -0.4 is 10.2 Å². The van der Waals surface area contributed by atoms with E-state index in [4.69, 9.17) is 23.2 Å². The molecular formula is C21H21Cl2N5O2S. The molecule has 0 saturated heterocycles. The normalized spacial score (nSPS) is 15.3. The highest BCUT2D eigenvalue weighted by molar-refractivity contribution is 7.59. The summed E-state index contributed by atoms with van der Waals surface area (Å²) in [7, 11) is 0. The van der Waals surface area contributed by atoms with Crippen molar-refractivity contribution < 1.29 is 9.59 Å². The van der Waals surface area contributed by atoms with Gasteiger partial charge < -0.3 is 10.2 Å². The van der Waals surface area contributed by atoms with Crippen molar-refractivity contribution in [3.05, 3.63) is 69.2 Å². The number of carbonyl (C=O) groups excluding carboxylic acids is 2. The van der Waals surface area contributed by atoms with E-state index in [1.165, 1.54) is 6.20 Å². The number of hydrogen-bond donors (Lipinski definition) is 1. The Morgan fingerprint density at radius 3 is 2.45 bits per heavy atom. The van der Waals surface area contributed by atoms with Crippen LogP contribution in [0.5, 0.6) is 0 Å². The summed E-state index contributed by atoms with van der Waals surface area (Å²) in [5.41, 5.74) is 3.25. The van der Waals surface area contributed by atoms with Gasteiger partial charge in [-0.2, -0.15) is 18.6 Å². The zero-order chi connectivity index (χ0) is 21.6. The summed E-state index contributed by atoms with van der Waals surface area (Å²) in [6, 6.07) is 8.43. The van der Waals surface area contributed by atoms with Crippen molar-refractivity contribution in [2.45, 2.75) is 26.8 Å². The van der Waals surface area contributed by atoms with Crippen molar-refractivity contribution >= 4 is 59.9 Å². The van der Waals surface area contributed by atoms with Crippen molar-refractivity contribution in [3.8, 4) is 0 Å². The molecule has 3 aromatic rings. The fourth-order valence-electron chi connectivity index (χ4n) is 3.61. The predicted molar refractivity (Wildman–Crippen MR) is 127 cm³/mol. The molecule has 1 aromatic carbocycles. The largest absolute Gasteiger partial charge is 0.322 e. The first-order valence-corrected chi connectivity index (χ1v) is 10.1. The Labute approximate surface area is 196 Å². The average molecular weight is 478 g/mol. The molecule has 4 rings (SSSR count). The standard InChI is InChI=1S/C21H19Cl2N5O2.H2S/c1-11-6-14(7-12(2)25-11)26-20(29)16-9-24-28-13(3)10-27(21(30)19(16)28)15-4-5-17(22)18(23)8-15;/h4-9,13H,10H2,1-3H3,(H,25,26,29);1H2/t13-;/m0./s1. The van der Waals surface area contributed by atoms with Crippen LogP contribution in [-0.4, -0.2) is 33.1 Å². The molecule has 1 N–H and O–H groups in total. The van der Waals surface area contributed by atoms with E-state index in [1.807, 2.05) is 20.8 Å². The lowest BCUT2D eigenvalue weighted by Gasteiger charge is -2.32. The fourth-order valence-corrected chi connectivity index (χ4v) is 3.90. The topological polar surface area (TPSA) is 80.1 Å². The number of aromatic nitrogens is 3. The summed E-state index contributed by atoms with van der Waals surface area (Å²) in [6.45, 7) is 6.04. The molecule has 1 aliphatic heterocycles. The van der Waals surface area contributed by atoms with E-state index in [0.29, 0.717) is 28.0 Å². The van der Waals surface area contributed by atoms with Gasteiger partial charge in [-0.3, -0.25) is 19.3 Å². The quantitative estimate of drug-likeness (QED) is 0.587. The van der Waals surface area contributed by atoms with Crippen molar-refractivity contribution in [3.63, 3.8) is 0 Å². The van der Waals surface area contributed by atoms with Gasteiger partial charge >= 0.3 is 0 Å². The lowest BCUT2D eigenvalue weighted by molar-refractivity contribution is 0.0939. The molecule has 1 aliphatic rings. The highest BCUT2D eigenvalue weighted by Gasteiger charge is 2.35. The Morgan fingerprint density at radius 1 is 1.13 bits per heavy atom. The van der Waals surface area contributed by atoms with E-state index < -0.39 is 5.91 Å². The van der Waals surface area contributed by atoms with Gasteiger partial charge in [0.05, 0.1) is 27.8 Å². The third-order valence-electron chi connectivity index (χ3n) is 4.91. The van der Waals surface area contributed by atoms with Gasteiger partial charge in [-0.1, -0.05) is 23.2 Å². The van der Waals surface area contributed by atoms with Crippen molar-refractivity contribution in [2.24, 2.45) is 0 Å². The fraction of sp³-hybridized carbons (Fsp3) is 0.238. The highest BCUT2D eigenvalue weighted by atomic mass is 35.5. The number of nitrogens with one attached hydrogen (secondary N) is 1. The van der Waals surface area contributed by atoms with E-state index in [9.17, 15) is 9.59 Å². The first-order valence-electron chi connectivity index (χ1n) is 9.35.